The van der Waals surface area contributed by atoms with Gasteiger partial charge in [0.05, 0.1) is 0 Å². The van der Waals surface area contributed by atoms with E-state index in [0.29, 0.717) is 0 Å². The van der Waals surface area contributed by atoms with Crippen molar-refractivity contribution in [3.63, 3.8) is 0 Å². The molecule has 0 amide bonds. The van der Waals surface area contributed by atoms with Gasteiger partial charge in [0.2, 0.25) is 0 Å². The molecule has 10 radical (unpaired) electrons. The fourth-order valence-corrected chi connectivity index (χ4v) is 4.83. The molecule has 0 aromatic rings. The summed E-state index contributed by atoms with van der Waals surface area (Å²) >= 11 is 0. The smallest absolute Gasteiger partial charge is 0.381 e. The number of allylic oxidation sites excluding steroid dienone is 16. The number of rotatable bonds is 0. The number of fused-ring (bicyclic) bond motifs is 6. The van der Waals surface area contributed by atoms with Crippen LogP contribution in [-0.4, -0.2) is 26.4 Å². The fraction of sp³-hybridized carbons (Fsp3) is 0.235. The predicted molar refractivity (Wildman–Crippen MR) is 148 cm³/mol. The van der Waals surface area contributed by atoms with Crippen molar-refractivity contribution < 1.29 is 56.4 Å². The normalized spacial score (nSPS) is 26.4. The number of hydrogen-bond acceptors (Lipinski definition) is 2. The molecule has 0 unspecified atom stereocenters. The molecule has 6 aliphatic carbocycles. The quantitative estimate of drug-likeness (QED) is 0.279. The van der Waals surface area contributed by atoms with Gasteiger partial charge in [-0.2, -0.15) is 0 Å². The minimum atomic E-state index is 0. The second-order valence-electron chi connectivity index (χ2n) is 9.28. The number of hydrogen-bond donors (Lipinski definition) is 0. The molecule has 8 aliphatic rings. The molecular formula is C34H34O2Yb+2. The van der Waals surface area contributed by atoms with Gasteiger partial charge in [0, 0.05) is 73.8 Å². The molecule has 2 heterocycles. The van der Waals surface area contributed by atoms with Crippen LogP contribution in [0.3, 0.4) is 0 Å². The van der Waals surface area contributed by atoms with Crippen LogP contribution in [0.2, 0.25) is 0 Å². The molecule has 3 heteroatoms. The average molecular weight is 648 g/mol. The van der Waals surface area contributed by atoms with Crippen LogP contribution < -0.4 is 0 Å². The van der Waals surface area contributed by atoms with E-state index < -0.39 is 0 Å². The van der Waals surface area contributed by atoms with E-state index in [-0.39, 0.29) is 46.9 Å². The Morgan fingerprint density at radius 1 is 0.351 bits per heavy atom. The monoisotopic (exact) mass is 648 g/mol. The van der Waals surface area contributed by atoms with Gasteiger partial charge < -0.3 is 9.47 Å². The molecular weight excluding hydrogens is 613 g/mol. The van der Waals surface area contributed by atoms with E-state index in [1.165, 1.54) is 73.0 Å². The van der Waals surface area contributed by atoms with Crippen LogP contribution in [0.25, 0.3) is 0 Å². The summed E-state index contributed by atoms with van der Waals surface area (Å²) < 4.78 is 9.89. The van der Waals surface area contributed by atoms with E-state index in [1.807, 2.05) is 0 Å². The fourth-order valence-electron chi connectivity index (χ4n) is 4.83. The van der Waals surface area contributed by atoms with Crippen molar-refractivity contribution in [3.8, 4) is 0 Å². The maximum atomic E-state index is 4.94. The second kappa shape index (κ2) is 15.8. The minimum Gasteiger partial charge on any atom is -0.381 e. The Kier molecular flexibility index (Phi) is 12.6. The molecule has 0 bridgehead atoms. The van der Waals surface area contributed by atoms with Gasteiger partial charge in [-0.1, -0.05) is 97.2 Å². The first-order valence-electron chi connectivity index (χ1n) is 13.1. The van der Waals surface area contributed by atoms with Gasteiger partial charge in [0.15, 0.2) is 0 Å². The van der Waals surface area contributed by atoms with Gasteiger partial charge in [0.25, 0.3) is 0 Å². The van der Waals surface area contributed by atoms with Gasteiger partial charge in [-0.25, -0.2) is 0 Å². The first kappa shape index (κ1) is 29.3. The van der Waals surface area contributed by atoms with Crippen molar-refractivity contribution in [1.29, 1.82) is 0 Å². The zero-order valence-electron chi connectivity index (χ0n) is 21.1. The van der Waals surface area contributed by atoms with E-state index in [1.54, 1.807) is 0 Å². The molecule has 2 saturated carbocycles. The molecule has 0 aromatic carbocycles. The Balaban J connectivity index is 0.000000125. The molecule has 2 saturated heterocycles. The Morgan fingerprint density at radius 2 is 0.595 bits per heavy atom. The Morgan fingerprint density at radius 3 is 0.811 bits per heavy atom. The summed E-state index contributed by atoms with van der Waals surface area (Å²) in [5.74, 6) is 10.8. The van der Waals surface area contributed by atoms with Crippen LogP contribution >= 0.6 is 0 Å². The standard InChI is InChI=1S/2C13H9.2C4H8O.Yb/c2*1-3-7-12-10(5-1)9-11-6-2-4-8-13(11)12;2*1-2-4-5-3-1;/h2*1-9H;2*1-4H2;/q;;;;+2. The summed E-state index contributed by atoms with van der Waals surface area (Å²) in [6.07, 6.45) is 43.7. The summed E-state index contributed by atoms with van der Waals surface area (Å²) in [6.45, 7) is 4.00. The molecule has 4 fully saturated rings. The van der Waals surface area contributed by atoms with Crippen molar-refractivity contribution in [2.24, 2.45) is 0 Å². The van der Waals surface area contributed by atoms with Crippen molar-refractivity contribution in [1.82, 2.24) is 0 Å². The third-order valence-corrected chi connectivity index (χ3v) is 6.70. The van der Waals surface area contributed by atoms with Crippen molar-refractivity contribution in [2.75, 3.05) is 26.4 Å². The SMILES string of the molecule is C1CCOC1.C1CCOC1.[CH]1[C]2C=CC=C[C]2[C]2C=CC=C[C]12.[CH]1[C]2C=CC=C[C]2[C]2C=CC=C[C]12.[Yb+2]. The van der Waals surface area contributed by atoms with E-state index in [2.05, 4.69) is 110 Å². The van der Waals surface area contributed by atoms with Crippen molar-refractivity contribution >= 4 is 0 Å². The summed E-state index contributed by atoms with van der Waals surface area (Å²) in [6, 6.07) is 0. The molecule has 0 aromatic heterocycles. The topological polar surface area (TPSA) is 18.5 Å². The molecule has 194 valence electrons. The average Bonchev–Trinajstić information content (AvgIpc) is 3.77. The summed E-state index contributed by atoms with van der Waals surface area (Å²) in [5.41, 5.74) is 0. The van der Waals surface area contributed by atoms with E-state index in [0.717, 1.165) is 26.4 Å². The zero-order valence-corrected chi connectivity index (χ0v) is 22.8. The minimum absolute atomic E-state index is 0. The second-order valence-corrected chi connectivity index (χ2v) is 9.28. The molecule has 2 aliphatic heterocycles. The van der Waals surface area contributed by atoms with Crippen LogP contribution in [0, 0.1) is 107 Å². The first-order valence-corrected chi connectivity index (χ1v) is 13.1. The van der Waals surface area contributed by atoms with Crippen LogP contribution in [0.15, 0.2) is 97.2 Å². The maximum absolute atomic E-state index is 4.94. The number of ether oxygens (including phenoxy) is 2. The molecule has 0 spiro atoms. The van der Waals surface area contributed by atoms with Crippen LogP contribution in [0.5, 0.6) is 0 Å². The van der Waals surface area contributed by atoms with E-state index >= 15 is 0 Å². The van der Waals surface area contributed by atoms with Crippen LogP contribution in [-0.2, 0) is 9.47 Å². The van der Waals surface area contributed by atoms with Gasteiger partial charge in [-0.3, -0.25) is 0 Å². The van der Waals surface area contributed by atoms with Crippen LogP contribution in [0.4, 0.5) is 0 Å². The Labute approximate surface area is 263 Å². The van der Waals surface area contributed by atoms with E-state index in [4.69, 9.17) is 9.47 Å². The Hall–Kier alpha value is -0.641. The third kappa shape index (κ3) is 8.18. The van der Waals surface area contributed by atoms with Gasteiger partial charge in [-0.15, -0.1) is 0 Å². The summed E-state index contributed by atoms with van der Waals surface area (Å²) in [5, 5.41) is 0. The van der Waals surface area contributed by atoms with Crippen molar-refractivity contribution in [3.05, 3.63) is 157 Å². The predicted octanol–water partition coefficient (Wildman–Crippen LogP) is 7.10. The molecule has 0 N–H and O–H groups in total. The maximum Gasteiger partial charge on any atom is 2.00 e. The van der Waals surface area contributed by atoms with Crippen molar-refractivity contribution in [2.45, 2.75) is 25.7 Å². The van der Waals surface area contributed by atoms with Crippen LogP contribution in [0.1, 0.15) is 25.7 Å². The van der Waals surface area contributed by atoms with Gasteiger partial charge in [0.1, 0.15) is 0 Å². The summed E-state index contributed by atoms with van der Waals surface area (Å²) in [4.78, 5) is 0. The third-order valence-electron chi connectivity index (χ3n) is 6.70. The molecule has 37 heavy (non-hydrogen) atoms. The molecule has 2 nitrogen and oxygen atoms in total. The first-order chi connectivity index (χ1) is 17.9. The zero-order chi connectivity index (χ0) is 24.4. The van der Waals surface area contributed by atoms with E-state index in [9.17, 15) is 0 Å². The Bertz CT molecular complexity index is 772. The summed E-state index contributed by atoms with van der Waals surface area (Å²) in [7, 11) is 0. The van der Waals surface area contributed by atoms with Gasteiger partial charge in [-0.05, 0) is 38.5 Å². The molecule has 0 atom stereocenters. The van der Waals surface area contributed by atoms with Gasteiger partial charge >= 0.3 is 46.9 Å². The molecule has 8 rings (SSSR count). The largest absolute Gasteiger partial charge is 2.00 e.